The van der Waals surface area contributed by atoms with Gasteiger partial charge in [-0.25, -0.2) is 81.5 Å². The number of carbonyl (C=O) groups excluding carboxylic acids is 16. The fourth-order valence-electron chi connectivity index (χ4n) is 8.22. The molecule has 0 aliphatic heterocycles. The zero-order chi connectivity index (χ0) is 108. The molecule has 0 atom stereocenters. The van der Waals surface area contributed by atoms with E-state index in [1.165, 1.54) is 90.0 Å². The summed E-state index contributed by atoms with van der Waals surface area (Å²) in [4.78, 5) is 226. The lowest BCUT2D eigenvalue weighted by molar-refractivity contribution is -0.133. The maximum atomic E-state index is 14.4. The molecule has 5 aromatic carbocycles. The van der Waals surface area contributed by atoms with Gasteiger partial charge in [0, 0.05) is 77.9 Å². The third-order valence-corrected chi connectivity index (χ3v) is 17.0. The molecule has 42 heteroatoms. The summed E-state index contributed by atoms with van der Waals surface area (Å²) in [5, 5.41) is 69.1. The van der Waals surface area contributed by atoms with E-state index in [1.54, 1.807) is 13.8 Å². The van der Waals surface area contributed by atoms with E-state index in [1.807, 2.05) is 0 Å². The van der Waals surface area contributed by atoms with E-state index in [9.17, 15) is 91.4 Å². The van der Waals surface area contributed by atoms with Crippen molar-refractivity contribution in [3.63, 3.8) is 0 Å². The molecule has 0 spiro atoms. The van der Waals surface area contributed by atoms with Crippen molar-refractivity contribution in [1.82, 2.24) is 0 Å². The second-order valence-corrected chi connectivity index (χ2v) is 31.0. The molecule has 0 unspecified atom stereocenters. The standard InChI is InChI=1S/C63H62O24.C19H18O8.C7H6O5.C5H12O3.C4H5ClO/c1-20-63(27-76-60(73)39-21-42(79-51(64)30(2)3)48(85-57(70)36(14)15)43(22-39)80-52(65)31(4)5,28-77-61(74)40-23-44(81-53(66)32(6)7)49(86-58(71)37(16)17)45(24-40)82-54(67)33(8)9)29-78-62(75)41-25-46(83-55(68)34(10)11)50(87-59(72)38(18)19)47(26-41)84-56(69)35(12)13;1-9(2)17(22)25-13-7-12(16(20)21)8-14(26-18(23)10(3)4)15(13)27-19(24)11(5)6;8-4-1-3(7(11)12)2-5(9)6(4)10;1-5(2-6,3-7)4-8;1-3(2)4(5)6/h21-26H,2,4,6,8,10,12,14,16,18,20,27-29H2,1,3,5,7,9,11,13,15,17,19H3;7-8H,1,3,5H2,2,4,6H3,(H,20,21);1-2,8-10H,(H,11,12);6-8H,2-4H2,1H3;1H2,2H3. The molecule has 5 aromatic rings. The lowest BCUT2D eigenvalue weighted by Crippen LogP contribution is -2.39. The minimum Gasteiger partial charge on any atom is -0.504 e. The smallest absolute Gasteiger partial charge is 0.338 e. The maximum absolute atomic E-state index is 14.4. The fourth-order valence-corrected chi connectivity index (χ4v) is 8.22. The van der Waals surface area contributed by atoms with Crippen LogP contribution in [0.15, 0.2) is 219 Å². The van der Waals surface area contributed by atoms with Crippen LogP contribution in [-0.2, 0) is 76.5 Å². The van der Waals surface area contributed by atoms with E-state index < -0.39 is 240 Å². The summed E-state index contributed by atoms with van der Waals surface area (Å²) in [7, 11) is 0. The van der Waals surface area contributed by atoms with Gasteiger partial charge >= 0.3 is 101 Å². The SMILES string of the molecule is C=C(C)C(=O)Cl.C=C(C)C(=O)Oc1cc(C(=O)O)cc(OC(=O)C(=C)C)c1OC(=O)C(=C)C.C=C(C)C(=O)Oc1cc(C(=O)OCC(CC)(COC(=O)c2cc(OC(=O)C(=C)C)c(OC(=O)C(=C)C)c(OC(=O)C(=C)C)c2)COC(=O)c2cc(OC(=O)C(=C)C)c(OC(=O)C(=C)C)c(OC(=O)C(=C)C)c2)cc(OC(=O)C(=C)C)c1OC(=O)C(=C)C.CC(CO)(CO)CO.O=C(O)c1cc(O)c(O)c(O)c1. The van der Waals surface area contributed by atoms with Gasteiger partial charge in [-0.3, -0.25) is 4.79 Å². The van der Waals surface area contributed by atoms with Gasteiger partial charge < -0.3 is 112 Å². The Hall–Kier alpha value is -17.1. The molecule has 0 bridgehead atoms. The minimum absolute atomic E-state index is 0.00617. The molecule has 0 aliphatic carbocycles. The Bertz CT molecular complexity index is 5390. The average molecular weight is 1970 g/mol. The Morgan fingerprint density at radius 3 is 0.550 bits per heavy atom. The number of hydrogen-bond donors (Lipinski definition) is 8. The third kappa shape index (κ3) is 38.4. The van der Waals surface area contributed by atoms with Crippen LogP contribution in [0.25, 0.3) is 0 Å². The van der Waals surface area contributed by atoms with Gasteiger partial charge in [-0.1, -0.05) is 99.4 Å². The van der Waals surface area contributed by atoms with Crippen LogP contribution in [0.5, 0.6) is 86.2 Å². The van der Waals surface area contributed by atoms with Gasteiger partial charge in [0.2, 0.25) is 28.2 Å². The molecule has 0 aromatic heterocycles. The van der Waals surface area contributed by atoms with Crippen molar-refractivity contribution in [3.05, 3.63) is 246 Å². The van der Waals surface area contributed by atoms with Crippen LogP contribution in [-0.4, -0.2) is 187 Å². The summed E-state index contributed by atoms with van der Waals surface area (Å²) in [6.07, 6.45) is -0.253. The Balaban J connectivity index is 0.00000147. The molecule has 0 radical (unpaired) electrons. The second kappa shape index (κ2) is 55.1. The Morgan fingerprint density at radius 1 is 0.271 bits per heavy atom. The first kappa shape index (κ1) is 121. The van der Waals surface area contributed by atoms with Crippen LogP contribution >= 0.6 is 11.6 Å². The van der Waals surface area contributed by atoms with Gasteiger partial charge in [-0.2, -0.15) is 0 Å². The number of halogens is 1. The van der Waals surface area contributed by atoms with Crippen molar-refractivity contribution < 1.29 is 198 Å². The molecule has 748 valence electrons. The quantitative estimate of drug-likeness (QED) is 0.00451. The predicted octanol–water partition coefficient (Wildman–Crippen LogP) is 12.9. The van der Waals surface area contributed by atoms with Crippen molar-refractivity contribution in [2.45, 2.75) is 110 Å². The van der Waals surface area contributed by atoms with E-state index in [-0.39, 0.29) is 104 Å². The molecule has 41 nitrogen and oxygen atoms in total. The summed E-state index contributed by atoms with van der Waals surface area (Å²) in [6.45, 7) is 62.1. The number of phenolic OH excluding ortho intramolecular Hbond substituents is 3. The molecular formula is C98H103ClO41. The molecule has 0 amide bonds. The molecule has 0 saturated carbocycles. The van der Waals surface area contributed by atoms with Crippen molar-refractivity contribution in [3.8, 4) is 86.2 Å². The maximum Gasteiger partial charge on any atom is 0.338 e. The number of carboxylic acid groups (broad SMARTS) is 2. The van der Waals surface area contributed by atoms with Gasteiger partial charge in [0.1, 0.15) is 19.8 Å². The largest absolute Gasteiger partial charge is 0.504 e. The van der Waals surface area contributed by atoms with Gasteiger partial charge in [0.05, 0.1) is 53.1 Å². The average Bonchev–Trinajstić information content (AvgIpc) is 0.788. The highest BCUT2D eigenvalue weighted by Crippen LogP contribution is 2.46. The number of carbonyl (C=O) groups is 18. The Labute approximate surface area is 806 Å². The Morgan fingerprint density at radius 2 is 0.421 bits per heavy atom. The van der Waals surface area contributed by atoms with Crippen LogP contribution in [0.4, 0.5) is 0 Å². The molecule has 0 aliphatic rings. The van der Waals surface area contributed by atoms with E-state index in [2.05, 4.69) is 85.5 Å². The first-order chi connectivity index (χ1) is 64.7. The number of aliphatic hydroxyl groups excluding tert-OH is 3. The number of aliphatic hydroxyl groups is 3. The van der Waals surface area contributed by atoms with E-state index in [4.69, 9.17) is 118 Å². The number of phenols is 3. The first-order valence-corrected chi connectivity index (χ1v) is 40.2. The summed E-state index contributed by atoms with van der Waals surface area (Å²) in [6, 6.07) is 8.82. The Kier molecular flexibility index (Phi) is 47.6. The van der Waals surface area contributed by atoms with Crippen LogP contribution in [0.1, 0.15) is 162 Å². The van der Waals surface area contributed by atoms with Crippen LogP contribution in [0.2, 0.25) is 0 Å². The van der Waals surface area contributed by atoms with Gasteiger partial charge in [-0.15, -0.1) is 0 Å². The summed E-state index contributed by atoms with van der Waals surface area (Å²) < 4.78 is 81.2. The zero-order valence-electron chi connectivity index (χ0n) is 78.8. The second-order valence-electron chi connectivity index (χ2n) is 30.6. The number of ether oxygens (including phenoxy) is 15. The number of carboxylic acids is 2. The van der Waals surface area contributed by atoms with Crippen molar-refractivity contribution in [1.29, 1.82) is 0 Å². The monoisotopic (exact) mass is 1970 g/mol. The number of hydrogen-bond acceptors (Lipinski definition) is 39. The number of aromatic hydroxyl groups is 3. The summed E-state index contributed by atoms with van der Waals surface area (Å²) in [5.41, 5.74) is -6.07. The normalized spacial score (nSPS) is 10.2. The highest BCUT2D eigenvalue weighted by Gasteiger charge is 2.38. The topological polar surface area (TPSA) is 608 Å². The zero-order valence-corrected chi connectivity index (χ0v) is 79.6. The number of rotatable bonds is 40. The molecular weight excluding hydrogens is 1870 g/mol. The summed E-state index contributed by atoms with van der Waals surface area (Å²) >= 11 is 4.87. The number of benzene rings is 5. The van der Waals surface area contributed by atoms with Crippen LogP contribution < -0.4 is 56.8 Å². The molecule has 5 rings (SSSR count). The van der Waals surface area contributed by atoms with Crippen LogP contribution in [0, 0.1) is 10.8 Å². The summed E-state index contributed by atoms with van der Waals surface area (Å²) in [5.74, 6) is -28.7. The van der Waals surface area contributed by atoms with Crippen molar-refractivity contribution in [2.24, 2.45) is 10.8 Å². The molecule has 0 heterocycles. The van der Waals surface area contributed by atoms with Crippen molar-refractivity contribution in [2.75, 3.05) is 39.6 Å². The lowest BCUT2D eigenvalue weighted by Gasteiger charge is -2.31. The van der Waals surface area contributed by atoms with Crippen molar-refractivity contribution >= 4 is 118 Å². The molecule has 140 heavy (non-hydrogen) atoms. The highest BCUT2D eigenvalue weighted by atomic mass is 35.5. The van der Waals surface area contributed by atoms with E-state index >= 15 is 0 Å². The number of aromatic carboxylic acids is 2. The fraction of sp³-hybridized carbons (Fsp3) is 0.245. The van der Waals surface area contributed by atoms with Gasteiger partial charge in [0.25, 0.3) is 0 Å². The number of esters is 15. The molecule has 8 N–H and O–H groups in total. The van der Waals surface area contributed by atoms with E-state index in [0.717, 1.165) is 60.7 Å². The third-order valence-electron chi connectivity index (χ3n) is 16.7. The first-order valence-electron chi connectivity index (χ1n) is 39.9. The van der Waals surface area contributed by atoms with Crippen LogP contribution in [0.3, 0.4) is 0 Å². The molecule has 0 fully saturated rings. The van der Waals surface area contributed by atoms with Gasteiger partial charge in [0.15, 0.2) is 63.2 Å². The number of allylic oxidation sites excluding steroid dienone is 1. The lowest BCUT2D eigenvalue weighted by atomic mass is 9.88. The van der Waals surface area contributed by atoms with E-state index in [0.29, 0.717) is 5.57 Å². The molecule has 0 saturated heterocycles. The van der Waals surface area contributed by atoms with Gasteiger partial charge in [-0.05, 0) is 169 Å². The predicted molar refractivity (Wildman–Crippen MR) is 495 cm³/mol. The highest BCUT2D eigenvalue weighted by molar-refractivity contribution is 6.67. The minimum atomic E-state index is -1.88.